The Balaban J connectivity index is 2.75. The molecule has 0 saturated carbocycles. The maximum absolute atomic E-state index is 10.2. The van der Waals surface area contributed by atoms with E-state index in [0.29, 0.717) is 5.69 Å². The predicted octanol–water partition coefficient (Wildman–Crippen LogP) is 2.63. The monoisotopic (exact) mass is 158 g/mol. The van der Waals surface area contributed by atoms with Crippen LogP contribution in [0.3, 0.4) is 0 Å². The number of pyridine rings is 1. The van der Waals surface area contributed by atoms with E-state index in [0.717, 1.165) is 10.8 Å². The number of hydrogen-bond donors (Lipinski definition) is 0. The maximum Gasteiger partial charge on any atom is 0.108 e. The molecule has 0 spiro atoms. The summed E-state index contributed by atoms with van der Waals surface area (Å²) in [6.07, 6.45) is 3.43. The molecule has 0 N–H and O–H groups in total. The van der Waals surface area contributed by atoms with Crippen molar-refractivity contribution in [2.75, 3.05) is 0 Å². The first-order valence-electron chi connectivity index (χ1n) is 3.57. The van der Waals surface area contributed by atoms with Crippen LogP contribution in [-0.4, -0.2) is 4.98 Å². The van der Waals surface area contributed by atoms with Crippen molar-refractivity contribution in [2.45, 2.75) is 0 Å². The van der Waals surface area contributed by atoms with Gasteiger partial charge in [-0.25, -0.2) is 0 Å². The van der Waals surface area contributed by atoms with Gasteiger partial charge in [0.25, 0.3) is 0 Å². The summed E-state index contributed by atoms with van der Waals surface area (Å²) < 4.78 is 0. The van der Waals surface area contributed by atoms with Gasteiger partial charge in [0, 0.05) is 17.8 Å². The molecule has 0 radical (unpaired) electrons. The molecule has 0 fully saturated rings. The van der Waals surface area contributed by atoms with Crippen LogP contribution in [0.25, 0.3) is 10.8 Å². The van der Waals surface area contributed by atoms with Gasteiger partial charge in [-0.3, -0.25) is 4.98 Å². The summed E-state index contributed by atoms with van der Waals surface area (Å²) in [5.41, 5.74) is 0.440. The minimum absolute atomic E-state index is 0.440. The lowest BCUT2D eigenvalue weighted by Gasteiger charge is -1.94. The normalized spacial score (nSPS) is 10.0. The van der Waals surface area contributed by atoms with Crippen molar-refractivity contribution in [3.8, 4) is 0 Å². The van der Waals surface area contributed by atoms with E-state index in [9.17, 15) is 4.91 Å². The van der Waals surface area contributed by atoms with Gasteiger partial charge in [-0.1, -0.05) is 6.07 Å². The van der Waals surface area contributed by atoms with Gasteiger partial charge in [-0.2, -0.15) is 0 Å². The van der Waals surface area contributed by atoms with E-state index in [1.165, 1.54) is 0 Å². The SMILES string of the molecule is O=Nc1ccc2ccncc2c1. The third-order valence-corrected chi connectivity index (χ3v) is 1.73. The van der Waals surface area contributed by atoms with E-state index in [1.54, 1.807) is 24.5 Å². The van der Waals surface area contributed by atoms with Crippen molar-refractivity contribution in [1.29, 1.82) is 0 Å². The van der Waals surface area contributed by atoms with Gasteiger partial charge in [0.1, 0.15) is 5.69 Å². The number of nitroso groups, excluding NO2 is 1. The van der Waals surface area contributed by atoms with E-state index in [1.807, 2.05) is 12.1 Å². The van der Waals surface area contributed by atoms with E-state index in [4.69, 9.17) is 0 Å². The zero-order valence-corrected chi connectivity index (χ0v) is 6.27. The van der Waals surface area contributed by atoms with E-state index in [-0.39, 0.29) is 0 Å². The lowest BCUT2D eigenvalue weighted by molar-refractivity contribution is 1.36. The fourth-order valence-corrected chi connectivity index (χ4v) is 1.13. The van der Waals surface area contributed by atoms with Crippen molar-refractivity contribution in [2.24, 2.45) is 5.18 Å². The van der Waals surface area contributed by atoms with Crippen molar-refractivity contribution in [3.63, 3.8) is 0 Å². The third-order valence-electron chi connectivity index (χ3n) is 1.73. The predicted molar refractivity (Wildman–Crippen MR) is 47.2 cm³/mol. The summed E-state index contributed by atoms with van der Waals surface area (Å²) in [7, 11) is 0. The van der Waals surface area contributed by atoms with Crippen LogP contribution in [0, 0.1) is 4.91 Å². The van der Waals surface area contributed by atoms with Crippen molar-refractivity contribution in [1.82, 2.24) is 4.98 Å². The topological polar surface area (TPSA) is 42.3 Å². The molecule has 12 heavy (non-hydrogen) atoms. The highest BCUT2D eigenvalue weighted by Crippen LogP contribution is 2.19. The maximum atomic E-state index is 10.2. The van der Waals surface area contributed by atoms with Crippen LogP contribution in [-0.2, 0) is 0 Å². The summed E-state index contributed by atoms with van der Waals surface area (Å²) in [6.45, 7) is 0. The Labute approximate surface area is 69.0 Å². The van der Waals surface area contributed by atoms with Gasteiger partial charge < -0.3 is 0 Å². The lowest BCUT2D eigenvalue weighted by atomic mass is 10.2. The second kappa shape index (κ2) is 2.70. The van der Waals surface area contributed by atoms with Gasteiger partial charge in [0.05, 0.1) is 0 Å². The quantitative estimate of drug-likeness (QED) is 0.598. The molecular weight excluding hydrogens is 152 g/mol. The molecule has 2 aromatic rings. The molecular formula is C9H6N2O. The Morgan fingerprint density at radius 2 is 2.08 bits per heavy atom. The molecule has 1 aromatic carbocycles. The van der Waals surface area contributed by atoms with Crippen molar-refractivity contribution in [3.05, 3.63) is 41.6 Å². The zero-order valence-electron chi connectivity index (χ0n) is 6.27. The number of aromatic nitrogens is 1. The van der Waals surface area contributed by atoms with Gasteiger partial charge in [0.2, 0.25) is 0 Å². The van der Waals surface area contributed by atoms with Crippen molar-refractivity contribution < 1.29 is 0 Å². The fraction of sp³-hybridized carbons (Fsp3) is 0. The summed E-state index contributed by atoms with van der Waals surface area (Å²) in [5.74, 6) is 0. The first kappa shape index (κ1) is 6.91. The average molecular weight is 158 g/mol. The molecule has 0 amide bonds. The summed E-state index contributed by atoms with van der Waals surface area (Å²) in [6, 6.07) is 7.16. The molecule has 3 heteroatoms. The highest BCUT2D eigenvalue weighted by Gasteiger charge is 1.94. The highest BCUT2D eigenvalue weighted by molar-refractivity contribution is 5.84. The Morgan fingerprint density at radius 1 is 1.17 bits per heavy atom. The second-order valence-corrected chi connectivity index (χ2v) is 2.50. The molecule has 0 atom stereocenters. The number of benzene rings is 1. The first-order chi connectivity index (χ1) is 5.90. The van der Waals surface area contributed by atoms with Crippen LogP contribution < -0.4 is 0 Å². The minimum atomic E-state index is 0.440. The van der Waals surface area contributed by atoms with Gasteiger partial charge in [-0.05, 0) is 28.8 Å². The molecule has 0 aliphatic rings. The van der Waals surface area contributed by atoms with Crippen LogP contribution in [0.4, 0.5) is 5.69 Å². The first-order valence-corrected chi connectivity index (χ1v) is 3.57. The third kappa shape index (κ3) is 1.05. The molecule has 0 unspecified atom stereocenters. The standard InChI is InChI=1S/C9H6N2O/c12-11-9-2-1-7-3-4-10-6-8(7)5-9/h1-6H. The van der Waals surface area contributed by atoms with Gasteiger partial charge in [0.15, 0.2) is 0 Å². The molecule has 58 valence electrons. The van der Waals surface area contributed by atoms with Crippen LogP contribution in [0.1, 0.15) is 0 Å². The van der Waals surface area contributed by atoms with Gasteiger partial charge >= 0.3 is 0 Å². The van der Waals surface area contributed by atoms with Crippen LogP contribution in [0.15, 0.2) is 41.8 Å². The number of rotatable bonds is 1. The van der Waals surface area contributed by atoms with Crippen LogP contribution in [0.5, 0.6) is 0 Å². The fourth-order valence-electron chi connectivity index (χ4n) is 1.13. The Bertz CT molecular complexity index is 426. The van der Waals surface area contributed by atoms with Crippen LogP contribution in [0.2, 0.25) is 0 Å². The second-order valence-electron chi connectivity index (χ2n) is 2.50. The minimum Gasteiger partial charge on any atom is -0.264 e. The Kier molecular flexibility index (Phi) is 1.55. The average Bonchev–Trinajstić information content (AvgIpc) is 2.17. The highest BCUT2D eigenvalue weighted by atomic mass is 16.3. The molecule has 1 aromatic heterocycles. The van der Waals surface area contributed by atoms with E-state index >= 15 is 0 Å². The summed E-state index contributed by atoms with van der Waals surface area (Å²) >= 11 is 0. The van der Waals surface area contributed by atoms with Crippen molar-refractivity contribution >= 4 is 16.5 Å². The summed E-state index contributed by atoms with van der Waals surface area (Å²) in [5, 5.41) is 4.85. The molecule has 0 saturated heterocycles. The molecule has 1 heterocycles. The Morgan fingerprint density at radius 3 is 2.92 bits per heavy atom. The van der Waals surface area contributed by atoms with Gasteiger partial charge in [-0.15, -0.1) is 4.91 Å². The number of nitrogens with zero attached hydrogens (tertiary/aromatic N) is 2. The molecule has 3 nitrogen and oxygen atoms in total. The number of hydrogen-bond acceptors (Lipinski definition) is 3. The lowest BCUT2D eigenvalue weighted by Crippen LogP contribution is -1.73. The molecule has 0 aliphatic carbocycles. The number of fused-ring (bicyclic) bond motifs is 1. The van der Waals surface area contributed by atoms with E-state index < -0.39 is 0 Å². The zero-order chi connectivity index (χ0) is 8.39. The summed E-state index contributed by atoms with van der Waals surface area (Å²) in [4.78, 5) is 14.1. The molecule has 0 aliphatic heterocycles. The smallest absolute Gasteiger partial charge is 0.108 e. The molecule has 0 bridgehead atoms. The largest absolute Gasteiger partial charge is 0.264 e. The molecule has 2 rings (SSSR count). The van der Waals surface area contributed by atoms with E-state index in [2.05, 4.69) is 10.2 Å². The Hall–Kier alpha value is -1.77. The van der Waals surface area contributed by atoms with Crippen LogP contribution >= 0.6 is 0 Å².